The highest BCUT2D eigenvalue weighted by Gasteiger charge is 2.41. The Morgan fingerprint density at radius 3 is 2.61 bits per heavy atom. The second-order valence-electron chi connectivity index (χ2n) is 4.89. The minimum absolute atomic E-state index is 0.00694. The van der Waals surface area contributed by atoms with Crippen LogP contribution in [0.25, 0.3) is 0 Å². The highest BCUT2D eigenvalue weighted by atomic mass is 32.2. The summed E-state index contributed by atoms with van der Waals surface area (Å²) < 4.78 is 0. The summed E-state index contributed by atoms with van der Waals surface area (Å²) in [7, 11) is 0. The van der Waals surface area contributed by atoms with Gasteiger partial charge in [-0.15, -0.1) is 11.8 Å². The van der Waals surface area contributed by atoms with Gasteiger partial charge in [-0.2, -0.15) is 0 Å². The Kier molecular flexibility index (Phi) is 4.37. The van der Waals surface area contributed by atoms with E-state index in [2.05, 4.69) is 5.32 Å². The molecule has 2 N–H and O–H groups in total. The van der Waals surface area contributed by atoms with Crippen LogP contribution in [0.1, 0.15) is 39.0 Å². The van der Waals surface area contributed by atoms with Crippen LogP contribution in [-0.2, 0) is 4.79 Å². The van der Waals surface area contributed by atoms with E-state index >= 15 is 0 Å². The van der Waals surface area contributed by atoms with E-state index in [1.165, 1.54) is 4.90 Å². The number of nitrogens with one attached hydrogen (secondary N) is 1. The summed E-state index contributed by atoms with van der Waals surface area (Å²) in [5, 5.41) is 12.1. The first-order chi connectivity index (χ1) is 8.63. The predicted molar refractivity (Wildman–Crippen MR) is 70.6 cm³/mol. The molecular formula is C12H20N2O3S. The molecule has 2 atom stereocenters. The Balaban J connectivity index is 2.01. The van der Waals surface area contributed by atoms with Crippen molar-refractivity contribution < 1.29 is 14.7 Å². The molecule has 0 bridgehead atoms. The Labute approximate surface area is 111 Å². The van der Waals surface area contributed by atoms with Gasteiger partial charge in [0.25, 0.3) is 0 Å². The van der Waals surface area contributed by atoms with Gasteiger partial charge < -0.3 is 10.4 Å². The van der Waals surface area contributed by atoms with Crippen molar-refractivity contribution in [3.05, 3.63) is 0 Å². The van der Waals surface area contributed by atoms with Gasteiger partial charge in [0.05, 0.1) is 5.37 Å². The fraction of sp³-hybridized carbons (Fsp3) is 0.833. The van der Waals surface area contributed by atoms with Crippen molar-refractivity contribution >= 4 is 23.8 Å². The van der Waals surface area contributed by atoms with E-state index in [4.69, 9.17) is 0 Å². The largest absolute Gasteiger partial charge is 0.480 e. The van der Waals surface area contributed by atoms with Crippen LogP contribution >= 0.6 is 11.8 Å². The Hall–Kier alpha value is -0.910. The van der Waals surface area contributed by atoms with Crippen molar-refractivity contribution in [2.75, 3.05) is 5.75 Å². The van der Waals surface area contributed by atoms with Crippen LogP contribution in [0.3, 0.4) is 0 Å². The smallest absolute Gasteiger partial charge is 0.327 e. The molecule has 1 aliphatic heterocycles. The topological polar surface area (TPSA) is 69.6 Å². The first-order valence-corrected chi connectivity index (χ1v) is 7.61. The number of aliphatic carboxylic acids is 1. The minimum Gasteiger partial charge on any atom is -0.480 e. The third kappa shape index (κ3) is 2.74. The molecule has 18 heavy (non-hydrogen) atoms. The molecular weight excluding hydrogens is 252 g/mol. The highest BCUT2D eigenvalue weighted by molar-refractivity contribution is 8.00. The quantitative estimate of drug-likeness (QED) is 0.823. The summed E-state index contributed by atoms with van der Waals surface area (Å²) in [6.45, 7) is 1.98. The normalized spacial score (nSPS) is 28.6. The van der Waals surface area contributed by atoms with Crippen molar-refractivity contribution in [3.8, 4) is 0 Å². The SMILES string of the molecule is CCC1SCC(C(=O)O)N1C(=O)NC1CCCC1. The summed E-state index contributed by atoms with van der Waals surface area (Å²) in [6.07, 6.45) is 5.12. The van der Waals surface area contributed by atoms with E-state index in [0.717, 1.165) is 32.1 Å². The number of carboxylic acid groups (broad SMARTS) is 1. The number of carboxylic acids is 1. The van der Waals surface area contributed by atoms with Gasteiger partial charge >= 0.3 is 12.0 Å². The fourth-order valence-electron chi connectivity index (χ4n) is 2.66. The van der Waals surface area contributed by atoms with Crippen LogP contribution in [0, 0.1) is 0 Å². The average Bonchev–Trinajstić information content (AvgIpc) is 2.95. The van der Waals surface area contributed by atoms with Crippen molar-refractivity contribution in [3.63, 3.8) is 0 Å². The first-order valence-electron chi connectivity index (χ1n) is 6.56. The van der Waals surface area contributed by atoms with Crippen molar-refractivity contribution in [1.82, 2.24) is 10.2 Å². The molecule has 102 valence electrons. The lowest BCUT2D eigenvalue weighted by Crippen LogP contribution is -2.52. The van der Waals surface area contributed by atoms with Crippen LogP contribution in [0.5, 0.6) is 0 Å². The molecule has 5 nitrogen and oxygen atoms in total. The summed E-state index contributed by atoms with van der Waals surface area (Å²) >= 11 is 1.56. The van der Waals surface area contributed by atoms with Crippen molar-refractivity contribution in [2.24, 2.45) is 0 Å². The maximum Gasteiger partial charge on any atom is 0.327 e. The molecule has 0 aromatic carbocycles. The van der Waals surface area contributed by atoms with E-state index in [0.29, 0.717) is 5.75 Å². The molecule has 2 rings (SSSR count). The van der Waals surface area contributed by atoms with E-state index in [-0.39, 0.29) is 17.4 Å². The van der Waals surface area contributed by atoms with Crippen LogP contribution in [0.4, 0.5) is 4.79 Å². The van der Waals surface area contributed by atoms with Gasteiger partial charge in [-0.3, -0.25) is 4.90 Å². The third-order valence-corrected chi connectivity index (χ3v) is 5.10. The first kappa shape index (κ1) is 13.5. The molecule has 1 aliphatic carbocycles. The zero-order valence-corrected chi connectivity index (χ0v) is 11.4. The zero-order valence-electron chi connectivity index (χ0n) is 10.6. The van der Waals surface area contributed by atoms with Gasteiger partial charge in [0.15, 0.2) is 0 Å². The highest BCUT2D eigenvalue weighted by Crippen LogP contribution is 2.31. The average molecular weight is 272 g/mol. The zero-order chi connectivity index (χ0) is 13.1. The van der Waals surface area contributed by atoms with E-state index in [9.17, 15) is 14.7 Å². The van der Waals surface area contributed by atoms with Gasteiger partial charge in [-0.05, 0) is 19.3 Å². The molecule has 2 fully saturated rings. The molecule has 2 aliphatic rings. The Morgan fingerprint density at radius 2 is 2.06 bits per heavy atom. The predicted octanol–water partition coefficient (Wildman–Crippen LogP) is 1.88. The number of hydrogen-bond acceptors (Lipinski definition) is 3. The standard InChI is InChI=1S/C12H20N2O3S/c1-2-10-14(9(7-18-10)11(15)16)12(17)13-8-5-3-4-6-8/h8-10H,2-7H2,1H3,(H,13,17)(H,15,16). The third-order valence-electron chi connectivity index (χ3n) is 3.64. The number of carbonyl (C=O) groups excluding carboxylic acids is 1. The number of carbonyl (C=O) groups is 2. The fourth-order valence-corrected chi connectivity index (χ4v) is 4.01. The van der Waals surface area contributed by atoms with Crippen molar-refractivity contribution in [2.45, 2.75) is 56.5 Å². The molecule has 1 saturated carbocycles. The molecule has 6 heteroatoms. The molecule has 0 aromatic rings. The monoisotopic (exact) mass is 272 g/mol. The van der Waals surface area contributed by atoms with Crippen LogP contribution in [0.15, 0.2) is 0 Å². The van der Waals surface area contributed by atoms with Crippen LogP contribution in [-0.4, -0.2) is 45.2 Å². The minimum atomic E-state index is -0.903. The number of hydrogen-bond donors (Lipinski definition) is 2. The second-order valence-corrected chi connectivity index (χ2v) is 6.10. The lowest BCUT2D eigenvalue weighted by Gasteiger charge is -2.28. The molecule has 0 aromatic heterocycles. The number of nitrogens with zero attached hydrogens (tertiary/aromatic N) is 1. The van der Waals surface area contributed by atoms with Gasteiger partial charge in [0, 0.05) is 11.8 Å². The molecule has 2 unspecified atom stereocenters. The van der Waals surface area contributed by atoms with Gasteiger partial charge in [-0.25, -0.2) is 9.59 Å². The van der Waals surface area contributed by atoms with Crippen molar-refractivity contribution in [1.29, 1.82) is 0 Å². The summed E-state index contributed by atoms with van der Waals surface area (Å²) in [4.78, 5) is 24.9. The van der Waals surface area contributed by atoms with E-state index in [1.54, 1.807) is 11.8 Å². The van der Waals surface area contributed by atoms with Gasteiger partial charge in [0.1, 0.15) is 6.04 Å². The number of rotatable bonds is 3. The van der Waals surface area contributed by atoms with Crippen LogP contribution in [0.2, 0.25) is 0 Å². The maximum absolute atomic E-state index is 12.2. The van der Waals surface area contributed by atoms with Gasteiger partial charge in [-0.1, -0.05) is 19.8 Å². The summed E-state index contributed by atoms with van der Waals surface area (Å²) in [6, 6.07) is -0.650. The molecule has 1 heterocycles. The second kappa shape index (κ2) is 5.82. The molecule has 2 amide bonds. The number of thioether (sulfide) groups is 1. The van der Waals surface area contributed by atoms with Crippen LogP contribution < -0.4 is 5.32 Å². The van der Waals surface area contributed by atoms with Gasteiger partial charge in [0.2, 0.25) is 0 Å². The molecule has 0 spiro atoms. The van der Waals surface area contributed by atoms with E-state index < -0.39 is 12.0 Å². The number of amides is 2. The summed E-state index contributed by atoms with van der Waals surface area (Å²) in [5.41, 5.74) is 0. The maximum atomic E-state index is 12.2. The Morgan fingerprint density at radius 1 is 1.39 bits per heavy atom. The number of urea groups is 1. The molecule has 0 radical (unpaired) electrons. The lowest BCUT2D eigenvalue weighted by atomic mass is 10.2. The van der Waals surface area contributed by atoms with E-state index in [1.807, 2.05) is 6.92 Å². The Bertz CT molecular complexity index is 331. The molecule has 1 saturated heterocycles. The summed E-state index contributed by atoms with van der Waals surface area (Å²) in [5.74, 6) is -0.411. The lowest BCUT2D eigenvalue weighted by molar-refractivity contribution is -0.141.